The Kier molecular flexibility index (Phi) is 3.87. The van der Waals surface area contributed by atoms with Crippen molar-refractivity contribution in [3.8, 4) is 0 Å². The molecule has 1 aromatic heterocycles. The summed E-state index contributed by atoms with van der Waals surface area (Å²) in [4.78, 5) is 23.1. The van der Waals surface area contributed by atoms with Crippen LogP contribution in [0, 0.1) is 5.92 Å². The zero-order chi connectivity index (χ0) is 14.0. The van der Waals surface area contributed by atoms with E-state index in [-0.39, 0.29) is 11.6 Å². The molecule has 1 saturated carbocycles. The van der Waals surface area contributed by atoms with Gasteiger partial charge in [-0.2, -0.15) is 0 Å². The highest BCUT2D eigenvalue weighted by atomic mass is 16.5. The lowest BCUT2D eigenvalue weighted by atomic mass is 9.99. The van der Waals surface area contributed by atoms with Crippen molar-refractivity contribution in [2.24, 2.45) is 5.92 Å². The molecular weight excluding hydrogens is 248 g/mol. The third-order valence-electron chi connectivity index (χ3n) is 3.51. The van der Waals surface area contributed by atoms with E-state index in [2.05, 4.69) is 10.5 Å². The molecule has 6 nitrogen and oxygen atoms in total. The fraction of sp³-hybridized carbons (Fsp3) is 0.615. The van der Waals surface area contributed by atoms with Crippen molar-refractivity contribution in [1.82, 2.24) is 10.5 Å². The smallest absolute Gasteiger partial charge is 0.326 e. The van der Waals surface area contributed by atoms with Gasteiger partial charge in [0.1, 0.15) is 11.8 Å². The number of aromatic nitrogens is 1. The minimum Gasteiger partial charge on any atom is -0.480 e. The summed E-state index contributed by atoms with van der Waals surface area (Å²) >= 11 is 0. The van der Waals surface area contributed by atoms with Crippen molar-refractivity contribution in [3.05, 3.63) is 17.5 Å². The predicted molar refractivity (Wildman–Crippen MR) is 66.8 cm³/mol. The SMILES string of the molecule is CCC(C)C(NC(=O)c1cc(C2CC2)on1)C(=O)O. The summed E-state index contributed by atoms with van der Waals surface area (Å²) in [6.45, 7) is 3.67. The zero-order valence-electron chi connectivity index (χ0n) is 11.0. The molecule has 0 aromatic carbocycles. The Hall–Kier alpha value is -1.85. The maximum absolute atomic E-state index is 11.9. The van der Waals surface area contributed by atoms with E-state index in [4.69, 9.17) is 9.63 Å². The summed E-state index contributed by atoms with van der Waals surface area (Å²) in [7, 11) is 0. The number of rotatable bonds is 6. The van der Waals surface area contributed by atoms with Gasteiger partial charge >= 0.3 is 5.97 Å². The lowest BCUT2D eigenvalue weighted by Crippen LogP contribution is -2.45. The molecule has 2 rings (SSSR count). The van der Waals surface area contributed by atoms with Gasteiger partial charge < -0.3 is 14.9 Å². The molecule has 6 heteroatoms. The van der Waals surface area contributed by atoms with E-state index in [9.17, 15) is 9.59 Å². The molecular formula is C13H18N2O4. The van der Waals surface area contributed by atoms with Crippen LogP contribution in [0.4, 0.5) is 0 Å². The van der Waals surface area contributed by atoms with E-state index in [0.717, 1.165) is 12.8 Å². The lowest BCUT2D eigenvalue weighted by molar-refractivity contribution is -0.140. The van der Waals surface area contributed by atoms with Crippen LogP contribution in [0.15, 0.2) is 10.6 Å². The fourth-order valence-electron chi connectivity index (χ4n) is 1.85. The maximum atomic E-state index is 11.9. The first-order chi connectivity index (χ1) is 9.02. The van der Waals surface area contributed by atoms with Crippen LogP contribution in [0.3, 0.4) is 0 Å². The summed E-state index contributed by atoms with van der Waals surface area (Å²) in [5, 5.41) is 15.3. The second-order valence-corrected chi connectivity index (χ2v) is 5.06. The van der Waals surface area contributed by atoms with Gasteiger partial charge in [0.05, 0.1) is 0 Å². The lowest BCUT2D eigenvalue weighted by Gasteiger charge is -2.19. The molecule has 0 radical (unpaired) electrons. The summed E-state index contributed by atoms with van der Waals surface area (Å²) in [5.74, 6) is -0.590. The molecule has 2 N–H and O–H groups in total. The van der Waals surface area contributed by atoms with Gasteiger partial charge in [-0.25, -0.2) is 4.79 Å². The highest BCUT2D eigenvalue weighted by Crippen LogP contribution is 2.40. The number of carboxylic acid groups (broad SMARTS) is 1. The van der Waals surface area contributed by atoms with Gasteiger partial charge in [-0.15, -0.1) is 0 Å². The number of aliphatic carboxylic acids is 1. The summed E-state index contributed by atoms with van der Waals surface area (Å²) < 4.78 is 5.08. The first-order valence-electron chi connectivity index (χ1n) is 6.53. The molecule has 104 valence electrons. The molecule has 0 bridgehead atoms. The molecule has 1 fully saturated rings. The normalized spacial score (nSPS) is 17.8. The Morgan fingerprint density at radius 2 is 2.26 bits per heavy atom. The monoisotopic (exact) mass is 266 g/mol. The first-order valence-corrected chi connectivity index (χ1v) is 6.53. The van der Waals surface area contributed by atoms with Gasteiger partial charge in [0.25, 0.3) is 5.91 Å². The largest absolute Gasteiger partial charge is 0.480 e. The number of carboxylic acids is 1. The summed E-state index contributed by atoms with van der Waals surface area (Å²) in [6, 6.07) is 0.696. The number of carbonyl (C=O) groups excluding carboxylic acids is 1. The third-order valence-corrected chi connectivity index (χ3v) is 3.51. The second-order valence-electron chi connectivity index (χ2n) is 5.06. The molecule has 19 heavy (non-hydrogen) atoms. The number of amides is 1. The Bertz CT molecular complexity index is 479. The molecule has 0 aliphatic heterocycles. The van der Waals surface area contributed by atoms with Crippen molar-refractivity contribution in [3.63, 3.8) is 0 Å². The number of hydrogen-bond donors (Lipinski definition) is 2. The van der Waals surface area contributed by atoms with Crippen LogP contribution in [0.2, 0.25) is 0 Å². The van der Waals surface area contributed by atoms with E-state index in [1.807, 2.05) is 6.92 Å². The van der Waals surface area contributed by atoms with E-state index >= 15 is 0 Å². The first kappa shape index (κ1) is 13.6. The van der Waals surface area contributed by atoms with E-state index in [0.29, 0.717) is 18.1 Å². The van der Waals surface area contributed by atoms with Crippen LogP contribution in [-0.4, -0.2) is 28.2 Å². The van der Waals surface area contributed by atoms with Crippen LogP contribution >= 0.6 is 0 Å². The van der Waals surface area contributed by atoms with Crippen LogP contribution in [-0.2, 0) is 4.79 Å². The standard InChI is InChI=1S/C13H18N2O4/c1-3-7(2)11(13(17)18)14-12(16)9-6-10(19-15-9)8-4-5-8/h6-8,11H,3-5H2,1-2H3,(H,14,16)(H,17,18). The highest BCUT2D eigenvalue weighted by molar-refractivity contribution is 5.95. The predicted octanol–water partition coefficient (Wildman–Crippen LogP) is 1.78. The Labute approximate surface area is 111 Å². The Morgan fingerprint density at radius 1 is 1.58 bits per heavy atom. The van der Waals surface area contributed by atoms with Gasteiger partial charge in [-0.1, -0.05) is 25.4 Å². The van der Waals surface area contributed by atoms with E-state index in [1.54, 1.807) is 13.0 Å². The van der Waals surface area contributed by atoms with Crippen LogP contribution in [0.25, 0.3) is 0 Å². The van der Waals surface area contributed by atoms with Gasteiger partial charge in [0.15, 0.2) is 5.69 Å². The topological polar surface area (TPSA) is 92.4 Å². The molecule has 0 saturated heterocycles. The number of nitrogens with one attached hydrogen (secondary N) is 1. The van der Waals surface area contributed by atoms with E-state index in [1.165, 1.54) is 0 Å². The van der Waals surface area contributed by atoms with Gasteiger partial charge in [-0.3, -0.25) is 4.79 Å². The van der Waals surface area contributed by atoms with Gasteiger partial charge in [0.2, 0.25) is 0 Å². The minimum absolute atomic E-state index is 0.142. The minimum atomic E-state index is -1.03. The maximum Gasteiger partial charge on any atom is 0.326 e. The van der Waals surface area contributed by atoms with Crippen LogP contribution in [0.1, 0.15) is 55.3 Å². The van der Waals surface area contributed by atoms with Crippen LogP contribution < -0.4 is 5.32 Å². The fourth-order valence-corrected chi connectivity index (χ4v) is 1.85. The van der Waals surface area contributed by atoms with Gasteiger partial charge in [-0.05, 0) is 18.8 Å². The van der Waals surface area contributed by atoms with E-state index < -0.39 is 17.9 Å². The average molecular weight is 266 g/mol. The van der Waals surface area contributed by atoms with Crippen molar-refractivity contribution in [2.45, 2.75) is 45.1 Å². The molecule has 2 atom stereocenters. The second kappa shape index (κ2) is 5.42. The van der Waals surface area contributed by atoms with Crippen LogP contribution in [0.5, 0.6) is 0 Å². The highest BCUT2D eigenvalue weighted by Gasteiger charge is 2.30. The number of nitrogens with zero attached hydrogens (tertiary/aromatic N) is 1. The Morgan fingerprint density at radius 3 is 2.79 bits per heavy atom. The number of carbonyl (C=O) groups is 2. The quantitative estimate of drug-likeness (QED) is 0.818. The summed E-state index contributed by atoms with van der Waals surface area (Å²) in [6.07, 6.45) is 2.78. The zero-order valence-corrected chi connectivity index (χ0v) is 11.0. The molecule has 2 unspecified atom stereocenters. The molecule has 1 heterocycles. The van der Waals surface area contributed by atoms with Gasteiger partial charge in [0, 0.05) is 12.0 Å². The summed E-state index contributed by atoms with van der Waals surface area (Å²) in [5.41, 5.74) is 0.149. The molecule has 0 spiro atoms. The molecule has 1 aliphatic rings. The van der Waals surface area contributed by atoms with Crippen molar-refractivity contribution < 1.29 is 19.2 Å². The van der Waals surface area contributed by atoms with Crippen molar-refractivity contribution >= 4 is 11.9 Å². The Balaban J connectivity index is 2.03. The average Bonchev–Trinajstić information content (AvgIpc) is 3.12. The van der Waals surface area contributed by atoms with Crippen molar-refractivity contribution in [1.29, 1.82) is 0 Å². The number of hydrogen-bond acceptors (Lipinski definition) is 4. The third kappa shape index (κ3) is 3.13. The molecule has 1 aromatic rings. The molecule has 1 amide bonds. The molecule has 1 aliphatic carbocycles. The van der Waals surface area contributed by atoms with Crippen molar-refractivity contribution in [2.75, 3.05) is 0 Å².